The van der Waals surface area contributed by atoms with Gasteiger partial charge < -0.3 is 20.5 Å². The Labute approximate surface area is 124 Å². The predicted molar refractivity (Wildman–Crippen MR) is 75.8 cm³/mol. The van der Waals surface area contributed by atoms with E-state index in [-0.39, 0.29) is 11.5 Å². The standard InChI is InChI=1S/C14H24N2O5/c1-14(2)7-5-4-6-10(14)16-13(20)15-9(12(18)19)8-11(17)21-3/h9-10H,4-8H2,1-3H3,(H,18,19)(H2,15,16,20)/t9-,10?/m0/s1. The molecule has 1 fully saturated rings. The number of aliphatic carboxylic acids is 1. The minimum absolute atomic E-state index is 0.00109. The van der Waals surface area contributed by atoms with E-state index in [9.17, 15) is 14.4 Å². The first kappa shape index (κ1) is 17.3. The van der Waals surface area contributed by atoms with Gasteiger partial charge in [-0.15, -0.1) is 0 Å². The molecule has 0 spiro atoms. The van der Waals surface area contributed by atoms with Crippen molar-refractivity contribution in [2.45, 2.75) is 58.0 Å². The number of esters is 1. The highest BCUT2D eigenvalue weighted by molar-refractivity contribution is 5.86. The monoisotopic (exact) mass is 300 g/mol. The maximum Gasteiger partial charge on any atom is 0.326 e. The molecular formula is C14H24N2O5. The van der Waals surface area contributed by atoms with Gasteiger partial charge in [0, 0.05) is 6.04 Å². The Bertz CT molecular complexity index is 408. The van der Waals surface area contributed by atoms with Crippen molar-refractivity contribution in [1.82, 2.24) is 10.6 Å². The van der Waals surface area contributed by atoms with Gasteiger partial charge in [0.2, 0.25) is 0 Å². The van der Waals surface area contributed by atoms with E-state index in [2.05, 4.69) is 29.2 Å². The minimum atomic E-state index is -1.29. The van der Waals surface area contributed by atoms with Crippen molar-refractivity contribution >= 4 is 18.0 Å². The first-order valence-electron chi connectivity index (χ1n) is 7.13. The summed E-state index contributed by atoms with van der Waals surface area (Å²) in [4.78, 5) is 34.1. The molecule has 1 unspecified atom stereocenters. The molecule has 1 aliphatic carbocycles. The third-order valence-corrected chi connectivity index (χ3v) is 4.01. The van der Waals surface area contributed by atoms with Crippen molar-refractivity contribution in [3.05, 3.63) is 0 Å². The highest BCUT2D eigenvalue weighted by atomic mass is 16.5. The van der Waals surface area contributed by atoms with Crippen LogP contribution >= 0.6 is 0 Å². The van der Waals surface area contributed by atoms with Crippen molar-refractivity contribution in [2.75, 3.05) is 7.11 Å². The molecule has 0 bridgehead atoms. The molecule has 1 saturated carbocycles. The van der Waals surface area contributed by atoms with E-state index in [0.29, 0.717) is 0 Å². The number of carbonyl (C=O) groups excluding carboxylic acids is 2. The van der Waals surface area contributed by atoms with Gasteiger partial charge >= 0.3 is 18.0 Å². The molecule has 1 rings (SSSR count). The van der Waals surface area contributed by atoms with Crippen LogP contribution in [0.4, 0.5) is 4.79 Å². The van der Waals surface area contributed by atoms with Crippen molar-refractivity contribution < 1.29 is 24.2 Å². The number of carboxylic acids is 1. The van der Waals surface area contributed by atoms with Crippen molar-refractivity contribution in [3.63, 3.8) is 0 Å². The average Bonchev–Trinajstić information content (AvgIpc) is 2.40. The number of rotatable bonds is 5. The Morgan fingerprint density at radius 2 is 2.00 bits per heavy atom. The van der Waals surface area contributed by atoms with Crippen LogP contribution in [0.25, 0.3) is 0 Å². The van der Waals surface area contributed by atoms with Crippen molar-refractivity contribution in [2.24, 2.45) is 5.41 Å². The molecule has 21 heavy (non-hydrogen) atoms. The number of amides is 2. The zero-order valence-electron chi connectivity index (χ0n) is 12.8. The minimum Gasteiger partial charge on any atom is -0.480 e. The number of nitrogens with one attached hydrogen (secondary N) is 2. The summed E-state index contributed by atoms with van der Waals surface area (Å²) in [6.07, 6.45) is 3.66. The molecule has 0 aromatic carbocycles. The number of carboxylic acid groups (broad SMARTS) is 1. The summed E-state index contributed by atoms with van der Waals surface area (Å²) >= 11 is 0. The van der Waals surface area contributed by atoms with E-state index >= 15 is 0 Å². The number of urea groups is 1. The van der Waals surface area contributed by atoms with Gasteiger partial charge in [0.15, 0.2) is 0 Å². The number of hydrogen-bond donors (Lipinski definition) is 3. The Hall–Kier alpha value is -1.79. The summed E-state index contributed by atoms with van der Waals surface area (Å²) in [6, 6.07) is -1.85. The summed E-state index contributed by atoms with van der Waals surface area (Å²) in [6.45, 7) is 4.17. The number of hydrogen-bond acceptors (Lipinski definition) is 4. The molecule has 7 heteroatoms. The van der Waals surface area contributed by atoms with E-state index in [1.807, 2.05) is 0 Å². The first-order chi connectivity index (χ1) is 9.76. The fraction of sp³-hybridized carbons (Fsp3) is 0.786. The van der Waals surface area contributed by atoms with Crippen LogP contribution in [0.15, 0.2) is 0 Å². The topological polar surface area (TPSA) is 105 Å². The van der Waals surface area contributed by atoms with Crippen LogP contribution in [-0.4, -0.2) is 42.3 Å². The molecule has 0 aromatic heterocycles. The lowest BCUT2D eigenvalue weighted by Gasteiger charge is -2.39. The molecule has 0 radical (unpaired) electrons. The second-order valence-electron chi connectivity index (χ2n) is 6.08. The SMILES string of the molecule is COC(=O)C[C@H](NC(=O)NC1CCCCC1(C)C)C(=O)O. The zero-order valence-corrected chi connectivity index (χ0v) is 12.8. The molecule has 2 atom stereocenters. The summed E-state index contributed by atoms with van der Waals surface area (Å²) < 4.78 is 4.42. The highest BCUT2D eigenvalue weighted by Gasteiger charge is 2.34. The normalized spacial score (nSPS) is 22.0. The van der Waals surface area contributed by atoms with Gasteiger partial charge in [-0.2, -0.15) is 0 Å². The molecule has 0 aliphatic heterocycles. The summed E-state index contributed by atoms with van der Waals surface area (Å²) in [5.74, 6) is -1.95. The van der Waals surface area contributed by atoms with Crippen molar-refractivity contribution in [3.8, 4) is 0 Å². The zero-order chi connectivity index (χ0) is 16.0. The fourth-order valence-corrected chi connectivity index (χ4v) is 2.57. The fourth-order valence-electron chi connectivity index (χ4n) is 2.57. The Kier molecular flexibility index (Phi) is 5.99. The van der Waals surface area contributed by atoms with E-state index in [4.69, 9.17) is 5.11 Å². The van der Waals surface area contributed by atoms with Crippen molar-refractivity contribution in [1.29, 1.82) is 0 Å². The molecule has 3 N–H and O–H groups in total. The van der Waals surface area contributed by atoms with Crippen LogP contribution in [-0.2, 0) is 14.3 Å². The number of ether oxygens (including phenoxy) is 1. The Morgan fingerprint density at radius 3 is 2.52 bits per heavy atom. The quantitative estimate of drug-likeness (QED) is 0.663. The third kappa shape index (κ3) is 5.24. The molecule has 120 valence electrons. The van der Waals surface area contributed by atoms with Crippen LogP contribution in [0.1, 0.15) is 46.0 Å². The lowest BCUT2D eigenvalue weighted by Crippen LogP contribution is -2.54. The molecule has 0 saturated heterocycles. The summed E-state index contributed by atoms with van der Waals surface area (Å²) in [5.41, 5.74) is -0.0172. The second kappa shape index (κ2) is 7.28. The molecule has 0 heterocycles. The third-order valence-electron chi connectivity index (χ3n) is 4.01. The van der Waals surface area contributed by atoms with Gasteiger partial charge in [-0.25, -0.2) is 9.59 Å². The summed E-state index contributed by atoms with van der Waals surface area (Å²) in [5, 5.41) is 14.2. The van der Waals surface area contributed by atoms with E-state index in [1.165, 1.54) is 7.11 Å². The summed E-state index contributed by atoms with van der Waals surface area (Å²) in [7, 11) is 1.17. The smallest absolute Gasteiger partial charge is 0.326 e. The largest absolute Gasteiger partial charge is 0.480 e. The lowest BCUT2D eigenvalue weighted by molar-refractivity contribution is -0.147. The molecular weight excluding hydrogens is 276 g/mol. The molecule has 2 amide bonds. The highest BCUT2D eigenvalue weighted by Crippen LogP contribution is 2.35. The van der Waals surface area contributed by atoms with Crippen LogP contribution in [0.3, 0.4) is 0 Å². The molecule has 1 aliphatic rings. The van der Waals surface area contributed by atoms with E-state index < -0.39 is 30.4 Å². The van der Waals surface area contributed by atoms with Gasteiger partial charge in [0.05, 0.1) is 13.5 Å². The first-order valence-corrected chi connectivity index (χ1v) is 7.13. The van der Waals surface area contributed by atoms with Crippen LogP contribution < -0.4 is 10.6 Å². The van der Waals surface area contributed by atoms with Gasteiger partial charge in [0.25, 0.3) is 0 Å². The second-order valence-corrected chi connectivity index (χ2v) is 6.08. The van der Waals surface area contributed by atoms with Crippen LogP contribution in [0, 0.1) is 5.41 Å². The Balaban J connectivity index is 2.57. The lowest BCUT2D eigenvalue weighted by atomic mass is 9.73. The molecule has 7 nitrogen and oxygen atoms in total. The molecule has 0 aromatic rings. The number of methoxy groups -OCH3 is 1. The average molecular weight is 300 g/mol. The van der Waals surface area contributed by atoms with Gasteiger partial charge in [0.1, 0.15) is 6.04 Å². The van der Waals surface area contributed by atoms with E-state index in [1.54, 1.807) is 0 Å². The van der Waals surface area contributed by atoms with Gasteiger partial charge in [-0.3, -0.25) is 4.79 Å². The van der Waals surface area contributed by atoms with Gasteiger partial charge in [-0.1, -0.05) is 26.7 Å². The van der Waals surface area contributed by atoms with E-state index in [0.717, 1.165) is 25.7 Å². The van der Waals surface area contributed by atoms with Crippen LogP contribution in [0.2, 0.25) is 0 Å². The predicted octanol–water partition coefficient (Wildman–Crippen LogP) is 1.27. The Morgan fingerprint density at radius 1 is 1.33 bits per heavy atom. The number of carbonyl (C=O) groups is 3. The maximum absolute atomic E-state index is 11.9. The van der Waals surface area contributed by atoms with Gasteiger partial charge in [-0.05, 0) is 18.3 Å². The van der Waals surface area contributed by atoms with Crippen LogP contribution in [0.5, 0.6) is 0 Å². The maximum atomic E-state index is 11.9.